The zero-order chi connectivity index (χ0) is 20.9. The Morgan fingerprint density at radius 2 is 1.53 bits per heavy atom. The molecule has 1 aliphatic rings. The van der Waals surface area contributed by atoms with E-state index in [-0.39, 0.29) is 11.8 Å². The van der Waals surface area contributed by atoms with Gasteiger partial charge in [0.25, 0.3) is 0 Å². The summed E-state index contributed by atoms with van der Waals surface area (Å²) in [5, 5.41) is 5.78. The Hall–Kier alpha value is -3.86. The molecule has 4 rings (SSSR count). The molecule has 0 unspecified atom stereocenters. The quantitative estimate of drug-likeness (QED) is 0.590. The molecule has 150 valence electrons. The van der Waals surface area contributed by atoms with E-state index in [2.05, 4.69) is 10.6 Å². The van der Waals surface area contributed by atoms with Gasteiger partial charge in [0.1, 0.15) is 5.75 Å². The SMILES string of the molecule is CCOc1ccccc1[C@@H]1NC(=O)NC(c2ccccc2)=C1C(=O)c1ccccc1. The normalized spacial score (nSPS) is 15.9. The third kappa shape index (κ3) is 3.82. The summed E-state index contributed by atoms with van der Waals surface area (Å²) in [6.07, 6.45) is 0. The fraction of sp³-hybridized carbons (Fsp3) is 0.120. The predicted molar refractivity (Wildman–Crippen MR) is 116 cm³/mol. The summed E-state index contributed by atoms with van der Waals surface area (Å²) in [6.45, 7) is 2.38. The van der Waals surface area contributed by atoms with Crippen molar-refractivity contribution in [3.05, 3.63) is 107 Å². The molecule has 30 heavy (non-hydrogen) atoms. The van der Waals surface area contributed by atoms with Crippen LogP contribution in [0.4, 0.5) is 4.79 Å². The molecule has 0 bridgehead atoms. The molecule has 3 aromatic carbocycles. The lowest BCUT2D eigenvalue weighted by atomic mass is 9.87. The van der Waals surface area contributed by atoms with Crippen molar-refractivity contribution < 1.29 is 14.3 Å². The van der Waals surface area contributed by atoms with Gasteiger partial charge in [-0.25, -0.2) is 4.79 Å². The van der Waals surface area contributed by atoms with Crippen LogP contribution >= 0.6 is 0 Å². The highest BCUT2D eigenvalue weighted by Crippen LogP contribution is 2.37. The molecule has 0 fully saturated rings. The first-order valence-electron chi connectivity index (χ1n) is 9.87. The summed E-state index contributed by atoms with van der Waals surface area (Å²) in [7, 11) is 0. The maximum Gasteiger partial charge on any atom is 0.320 e. The van der Waals surface area contributed by atoms with Crippen LogP contribution in [0.3, 0.4) is 0 Å². The number of carbonyl (C=O) groups excluding carboxylic acids is 2. The molecule has 0 spiro atoms. The predicted octanol–water partition coefficient (Wildman–Crippen LogP) is 4.73. The lowest BCUT2D eigenvalue weighted by Gasteiger charge is -2.31. The molecule has 0 aromatic heterocycles. The van der Waals surface area contributed by atoms with Crippen molar-refractivity contribution in [1.29, 1.82) is 0 Å². The number of urea groups is 1. The van der Waals surface area contributed by atoms with Gasteiger partial charge in [-0.15, -0.1) is 0 Å². The van der Waals surface area contributed by atoms with Crippen molar-refractivity contribution in [2.24, 2.45) is 0 Å². The minimum absolute atomic E-state index is 0.154. The first kappa shape index (κ1) is 19.5. The van der Waals surface area contributed by atoms with E-state index >= 15 is 0 Å². The number of Topliss-reactive ketones (excluding diaryl/α,β-unsaturated/α-hetero) is 1. The van der Waals surface area contributed by atoms with E-state index in [1.165, 1.54) is 0 Å². The summed E-state index contributed by atoms with van der Waals surface area (Å²) in [6, 6.07) is 24.9. The van der Waals surface area contributed by atoms with Crippen LogP contribution in [-0.2, 0) is 0 Å². The van der Waals surface area contributed by atoms with Gasteiger partial charge < -0.3 is 15.4 Å². The Labute approximate surface area is 175 Å². The van der Waals surface area contributed by atoms with Crippen molar-refractivity contribution in [2.75, 3.05) is 6.61 Å². The van der Waals surface area contributed by atoms with Crippen LogP contribution < -0.4 is 15.4 Å². The number of ether oxygens (including phenoxy) is 1. The van der Waals surface area contributed by atoms with E-state index < -0.39 is 6.04 Å². The minimum atomic E-state index is -0.649. The van der Waals surface area contributed by atoms with E-state index in [4.69, 9.17) is 4.74 Å². The molecule has 2 amide bonds. The molecular weight excluding hydrogens is 376 g/mol. The average Bonchev–Trinajstić information content (AvgIpc) is 2.80. The molecule has 1 aliphatic heterocycles. The minimum Gasteiger partial charge on any atom is -0.494 e. The maximum absolute atomic E-state index is 13.7. The molecule has 5 nitrogen and oxygen atoms in total. The second kappa shape index (κ2) is 8.66. The van der Waals surface area contributed by atoms with Crippen molar-refractivity contribution >= 4 is 17.5 Å². The van der Waals surface area contributed by atoms with Gasteiger partial charge in [-0.1, -0.05) is 78.9 Å². The molecule has 0 saturated heterocycles. The Morgan fingerprint density at radius 1 is 0.900 bits per heavy atom. The van der Waals surface area contributed by atoms with Gasteiger partial charge in [0.05, 0.1) is 23.9 Å². The van der Waals surface area contributed by atoms with Gasteiger partial charge in [-0.2, -0.15) is 0 Å². The third-order valence-corrected chi connectivity index (χ3v) is 4.94. The zero-order valence-electron chi connectivity index (χ0n) is 16.6. The molecule has 1 heterocycles. The number of rotatable bonds is 6. The fourth-order valence-corrected chi connectivity index (χ4v) is 3.63. The summed E-state index contributed by atoms with van der Waals surface area (Å²) < 4.78 is 5.79. The van der Waals surface area contributed by atoms with Crippen LogP contribution in [0.5, 0.6) is 5.75 Å². The number of ketones is 1. The summed E-state index contributed by atoms with van der Waals surface area (Å²) in [4.78, 5) is 26.2. The number of benzene rings is 3. The van der Waals surface area contributed by atoms with Gasteiger partial charge in [0.2, 0.25) is 0 Å². The summed E-state index contributed by atoms with van der Waals surface area (Å²) >= 11 is 0. The molecule has 2 N–H and O–H groups in total. The Balaban J connectivity index is 1.94. The van der Waals surface area contributed by atoms with Crippen LogP contribution in [0.15, 0.2) is 90.5 Å². The van der Waals surface area contributed by atoms with E-state index in [0.717, 1.165) is 11.1 Å². The van der Waals surface area contributed by atoms with Gasteiger partial charge in [-0.05, 0) is 18.6 Å². The summed E-state index contributed by atoms with van der Waals surface area (Å²) in [5.74, 6) is 0.483. The first-order valence-corrected chi connectivity index (χ1v) is 9.87. The van der Waals surface area contributed by atoms with E-state index in [1.807, 2.05) is 79.7 Å². The van der Waals surface area contributed by atoms with Gasteiger partial charge in [-0.3, -0.25) is 4.79 Å². The molecule has 5 heteroatoms. The highest BCUT2D eigenvalue weighted by molar-refractivity contribution is 6.16. The molecule has 3 aromatic rings. The first-order chi connectivity index (χ1) is 14.7. The third-order valence-electron chi connectivity index (χ3n) is 4.94. The van der Waals surface area contributed by atoms with Crippen molar-refractivity contribution in [3.8, 4) is 5.75 Å². The Morgan fingerprint density at radius 3 is 2.23 bits per heavy atom. The highest BCUT2D eigenvalue weighted by Gasteiger charge is 2.35. The van der Waals surface area contributed by atoms with Gasteiger partial charge in [0.15, 0.2) is 5.78 Å². The van der Waals surface area contributed by atoms with Crippen LogP contribution in [-0.4, -0.2) is 18.4 Å². The molecule has 0 aliphatic carbocycles. The van der Waals surface area contributed by atoms with Gasteiger partial charge >= 0.3 is 6.03 Å². The van der Waals surface area contributed by atoms with E-state index in [1.54, 1.807) is 12.1 Å². The van der Waals surface area contributed by atoms with Crippen molar-refractivity contribution in [1.82, 2.24) is 10.6 Å². The topological polar surface area (TPSA) is 67.4 Å². The lowest BCUT2D eigenvalue weighted by Crippen LogP contribution is -2.45. The largest absolute Gasteiger partial charge is 0.494 e. The Bertz CT molecular complexity index is 1090. The number of para-hydroxylation sites is 1. The number of amides is 2. The summed E-state index contributed by atoms with van der Waals surface area (Å²) in [5.41, 5.74) is 3.04. The number of nitrogens with one attached hydrogen (secondary N) is 2. The lowest BCUT2D eigenvalue weighted by molar-refractivity contribution is 0.102. The Kier molecular flexibility index (Phi) is 5.61. The van der Waals surface area contributed by atoms with Crippen molar-refractivity contribution in [2.45, 2.75) is 13.0 Å². The van der Waals surface area contributed by atoms with Gasteiger partial charge in [0, 0.05) is 11.1 Å². The standard InChI is InChI=1S/C25H22N2O3/c1-2-30-20-16-10-9-15-19(20)23-21(24(28)18-13-7-4-8-14-18)22(26-25(29)27-23)17-11-5-3-6-12-17/h3-16,23H,2H2,1H3,(H2,26,27,29)/t23-/m0/s1. The average molecular weight is 398 g/mol. The second-order valence-corrected chi connectivity index (χ2v) is 6.85. The van der Waals surface area contributed by atoms with Crippen molar-refractivity contribution in [3.63, 3.8) is 0 Å². The fourth-order valence-electron chi connectivity index (χ4n) is 3.63. The monoisotopic (exact) mass is 398 g/mol. The molecule has 0 radical (unpaired) electrons. The van der Waals surface area contributed by atoms with Crippen LogP contribution in [0, 0.1) is 0 Å². The van der Waals surface area contributed by atoms with E-state index in [0.29, 0.717) is 29.2 Å². The molecule has 1 atom stereocenters. The smallest absolute Gasteiger partial charge is 0.320 e. The number of hydrogen-bond acceptors (Lipinski definition) is 3. The molecular formula is C25H22N2O3. The highest BCUT2D eigenvalue weighted by atomic mass is 16.5. The van der Waals surface area contributed by atoms with Crippen LogP contribution in [0.1, 0.15) is 34.5 Å². The van der Waals surface area contributed by atoms with Crippen LogP contribution in [0.2, 0.25) is 0 Å². The van der Waals surface area contributed by atoms with Crippen LogP contribution in [0.25, 0.3) is 5.70 Å². The van der Waals surface area contributed by atoms with E-state index in [9.17, 15) is 9.59 Å². The maximum atomic E-state index is 13.7. The zero-order valence-corrected chi connectivity index (χ0v) is 16.6. The number of hydrogen-bond donors (Lipinski definition) is 2. The number of carbonyl (C=O) groups is 2. The molecule has 0 saturated carbocycles. The second-order valence-electron chi connectivity index (χ2n) is 6.85.